The Labute approximate surface area is 98.5 Å². The number of rotatable bonds is 3. The molecule has 0 atom stereocenters. The molecule has 2 rings (SSSR count). The molecule has 0 aliphatic heterocycles. The first-order valence-electron chi connectivity index (χ1n) is 6.42. The Morgan fingerprint density at radius 3 is 2.56 bits per heavy atom. The number of hydrogen-bond acceptors (Lipinski definition) is 2. The molecule has 0 bridgehead atoms. The summed E-state index contributed by atoms with van der Waals surface area (Å²) in [5.41, 5.74) is 1.16. The van der Waals surface area contributed by atoms with Gasteiger partial charge in [0.15, 0.2) is 0 Å². The lowest BCUT2D eigenvalue weighted by Crippen LogP contribution is -2.27. The van der Waals surface area contributed by atoms with Gasteiger partial charge in [0.25, 0.3) is 0 Å². The van der Waals surface area contributed by atoms with Crippen molar-refractivity contribution in [2.75, 3.05) is 5.32 Å². The molecule has 0 radical (unpaired) electrons. The van der Waals surface area contributed by atoms with Crippen molar-refractivity contribution in [2.24, 2.45) is 11.8 Å². The van der Waals surface area contributed by atoms with E-state index in [4.69, 9.17) is 0 Å². The van der Waals surface area contributed by atoms with Crippen LogP contribution in [0.2, 0.25) is 0 Å². The Kier molecular flexibility index (Phi) is 3.81. The van der Waals surface area contributed by atoms with Crippen LogP contribution in [0.5, 0.6) is 0 Å². The normalized spacial score (nSPS) is 25.7. The van der Waals surface area contributed by atoms with Crippen LogP contribution in [0.4, 0.5) is 5.69 Å². The molecule has 1 aliphatic carbocycles. The van der Waals surface area contributed by atoms with Gasteiger partial charge in [-0.1, -0.05) is 13.8 Å². The molecule has 1 heterocycles. The predicted molar refractivity (Wildman–Crippen MR) is 68.4 cm³/mol. The van der Waals surface area contributed by atoms with Gasteiger partial charge in [0.2, 0.25) is 0 Å². The average molecular weight is 218 g/mol. The second-order valence-electron chi connectivity index (χ2n) is 5.24. The molecule has 2 nitrogen and oxygen atoms in total. The molecule has 1 fully saturated rings. The fourth-order valence-electron chi connectivity index (χ4n) is 2.61. The number of nitrogens with one attached hydrogen (secondary N) is 1. The van der Waals surface area contributed by atoms with E-state index in [-0.39, 0.29) is 0 Å². The molecule has 0 aromatic carbocycles. The lowest BCUT2D eigenvalue weighted by Gasteiger charge is -2.31. The van der Waals surface area contributed by atoms with Crippen molar-refractivity contribution < 1.29 is 0 Å². The van der Waals surface area contributed by atoms with Gasteiger partial charge in [0.1, 0.15) is 0 Å². The fourth-order valence-corrected chi connectivity index (χ4v) is 2.61. The number of anilines is 1. The fraction of sp³-hybridized carbons (Fsp3) is 0.643. The van der Waals surface area contributed by atoms with Gasteiger partial charge < -0.3 is 5.32 Å². The lowest BCUT2D eigenvalue weighted by molar-refractivity contribution is 0.267. The summed E-state index contributed by atoms with van der Waals surface area (Å²) < 4.78 is 0. The van der Waals surface area contributed by atoms with Crippen molar-refractivity contribution in [1.29, 1.82) is 0 Å². The molecular weight excluding hydrogens is 196 g/mol. The molecule has 0 saturated heterocycles. The minimum absolute atomic E-state index is 0.652. The SMILES string of the molecule is CC(C)C1CCC(Nc2cccnc2)CC1. The van der Waals surface area contributed by atoms with Gasteiger partial charge in [-0.15, -0.1) is 0 Å². The molecule has 88 valence electrons. The quantitative estimate of drug-likeness (QED) is 0.836. The topological polar surface area (TPSA) is 24.9 Å². The zero-order chi connectivity index (χ0) is 11.4. The van der Waals surface area contributed by atoms with Crippen molar-refractivity contribution in [3.63, 3.8) is 0 Å². The summed E-state index contributed by atoms with van der Waals surface area (Å²) in [4.78, 5) is 4.13. The second kappa shape index (κ2) is 5.33. The van der Waals surface area contributed by atoms with E-state index in [0.29, 0.717) is 6.04 Å². The van der Waals surface area contributed by atoms with Crippen LogP contribution >= 0.6 is 0 Å². The van der Waals surface area contributed by atoms with Crippen molar-refractivity contribution in [3.05, 3.63) is 24.5 Å². The second-order valence-corrected chi connectivity index (χ2v) is 5.24. The van der Waals surface area contributed by atoms with Crippen molar-refractivity contribution >= 4 is 5.69 Å². The van der Waals surface area contributed by atoms with E-state index in [9.17, 15) is 0 Å². The summed E-state index contributed by atoms with van der Waals surface area (Å²) in [5, 5.41) is 3.58. The van der Waals surface area contributed by atoms with Crippen LogP contribution in [-0.4, -0.2) is 11.0 Å². The van der Waals surface area contributed by atoms with E-state index in [1.807, 2.05) is 18.5 Å². The van der Waals surface area contributed by atoms with Gasteiger partial charge in [-0.2, -0.15) is 0 Å². The summed E-state index contributed by atoms with van der Waals surface area (Å²) in [6.45, 7) is 4.69. The van der Waals surface area contributed by atoms with E-state index in [2.05, 4.69) is 30.2 Å². The van der Waals surface area contributed by atoms with Crippen LogP contribution < -0.4 is 5.32 Å². The first kappa shape index (κ1) is 11.4. The number of nitrogens with zero attached hydrogens (tertiary/aromatic N) is 1. The van der Waals surface area contributed by atoms with Gasteiger partial charge in [-0.3, -0.25) is 4.98 Å². The third-order valence-electron chi connectivity index (χ3n) is 3.75. The van der Waals surface area contributed by atoms with Crippen molar-refractivity contribution in [1.82, 2.24) is 4.98 Å². The Bertz CT molecular complexity index is 300. The van der Waals surface area contributed by atoms with Gasteiger partial charge in [-0.05, 0) is 49.7 Å². The maximum atomic E-state index is 4.13. The Morgan fingerprint density at radius 2 is 2.00 bits per heavy atom. The highest BCUT2D eigenvalue weighted by atomic mass is 14.9. The Hall–Kier alpha value is -1.05. The molecule has 1 aliphatic rings. The zero-order valence-corrected chi connectivity index (χ0v) is 10.3. The van der Waals surface area contributed by atoms with Crippen molar-refractivity contribution in [3.8, 4) is 0 Å². The summed E-state index contributed by atoms with van der Waals surface area (Å²) >= 11 is 0. The van der Waals surface area contributed by atoms with Gasteiger partial charge in [0, 0.05) is 18.4 Å². The molecule has 0 unspecified atom stereocenters. The minimum Gasteiger partial charge on any atom is -0.381 e. The summed E-state index contributed by atoms with van der Waals surface area (Å²) in [6.07, 6.45) is 9.08. The summed E-state index contributed by atoms with van der Waals surface area (Å²) in [5.74, 6) is 1.78. The summed E-state index contributed by atoms with van der Waals surface area (Å²) in [6, 6.07) is 4.74. The highest BCUT2D eigenvalue weighted by molar-refractivity contribution is 5.40. The van der Waals surface area contributed by atoms with Gasteiger partial charge >= 0.3 is 0 Å². The third-order valence-corrected chi connectivity index (χ3v) is 3.75. The largest absolute Gasteiger partial charge is 0.381 e. The smallest absolute Gasteiger partial charge is 0.0528 e. The van der Waals surface area contributed by atoms with Crippen LogP contribution in [0.25, 0.3) is 0 Å². The average Bonchev–Trinajstić information content (AvgIpc) is 2.31. The third kappa shape index (κ3) is 2.97. The molecule has 1 N–H and O–H groups in total. The van der Waals surface area contributed by atoms with Crippen LogP contribution in [0.1, 0.15) is 39.5 Å². The van der Waals surface area contributed by atoms with Crippen LogP contribution in [0.15, 0.2) is 24.5 Å². The van der Waals surface area contributed by atoms with E-state index < -0.39 is 0 Å². The Balaban J connectivity index is 1.82. The van der Waals surface area contributed by atoms with Crippen molar-refractivity contribution in [2.45, 2.75) is 45.6 Å². The van der Waals surface area contributed by atoms with E-state index in [1.165, 1.54) is 25.7 Å². The molecule has 16 heavy (non-hydrogen) atoms. The summed E-state index contributed by atoms with van der Waals surface area (Å²) in [7, 11) is 0. The Morgan fingerprint density at radius 1 is 1.25 bits per heavy atom. The molecular formula is C14H22N2. The molecule has 1 aromatic rings. The number of pyridine rings is 1. The first-order chi connectivity index (χ1) is 7.75. The zero-order valence-electron chi connectivity index (χ0n) is 10.3. The highest BCUT2D eigenvalue weighted by Crippen LogP contribution is 2.31. The molecule has 1 aromatic heterocycles. The minimum atomic E-state index is 0.652. The van der Waals surface area contributed by atoms with Crippen LogP contribution in [-0.2, 0) is 0 Å². The maximum absolute atomic E-state index is 4.13. The number of hydrogen-bond donors (Lipinski definition) is 1. The lowest BCUT2D eigenvalue weighted by atomic mass is 9.80. The monoisotopic (exact) mass is 218 g/mol. The predicted octanol–water partition coefficient (Wildman–Crippen LogP) is 3.71. The van der Waals surface area contributed by atoms with E-state index >= 15 is 0 Å². The number of aromatic nitrogens is 1. The molecule has 1 saturated carbocycles. The van der Waals surface area contributed by atoms with Gasteiger partial charge in [0.05, 0.1) is 5.69 Å². The van der Waals surface area contributed by atoms with Crippen LogP contribution in [0, 0.1) is 11.8 Å². The van der Waals surface area contributed by atoms with E-state index in [1.54, 1.807) is 0 Å². The maximum Gasteiger partial charge on any atom is 0.0528 e. The molecule has 2 heteroatoms. The first-order valence-corrected chi connectivity index (χ1v) is 6.42. The van der Waals surface area contributed by atoms with Crippen LogP contribution in [0.3, 0.4) is 0 Å². The standard InChI is InChI=1S/C14H22N2/c1-11(2)12-5-7-13(8-6-12)16-14-4-3-9-15-10-14/h3-4,9-13,16H,5-8H2,1-2H3. The van der Waals surface area contributed by atoms with Gasteiger partial charge in [-0.25, -0.2) is 0 Å². The van der Waals surface area contributed by atoms with E-state index in [0.717, 1.165) is 17.5 Å². The molecule has 0 spiro atoms. The molecule has 0 amide bonds. The highest BCUT2D eigenvalue weighted by Gasteiger charge is 2.22.